The maximum Gasteiger partial charge on any atom is 0.127 e. The van der Waals surface area contributed by atoms with E-state index < -0.39 is 45.2 Å². The average Bonchev–Trinajstić information content (AvgIpc) is 2.46. The van der Waals surface area contributed by atoms with Gasteiger partial charge in [0.05, 0.1) is 0 Å². The van der Waals surface area contributed by atoms with Gasteiger partial charge in [-0.25, -0.2) is 0 Å². The van der Waals surface area contributed by atoms with Crippen LogP contribution in [0.25, 0.3) is 0 Å². The Morgan fingerprint density at radius 1 is 0.760 bits per heavy atom. The van der Waals surface area contributed by atoms with E-state index in [0.717, 1.165) is 11.5 Å². The zero-order valence-electron chi connectivity index (χ0n) is 12.4. The fraction of sp³-hybridized carbons (Fsp3) is 0. The molecule has 0 fully saturated rings. The molecular formula is C12H14N2O7S2Se2. The monoisotopic (exact) mass is 522 g/mol. The van der Waals surface area contributed by atoms with E-state index >= 15 is 0 Å². The molecule has 0 amide bonds. The topological polar surface area (TPSA) is 147 Å². The molecule has 0 aromatic heterocycles. The Balaban J connectivity index is 0.000000252. The number of hydrogen-bond acceptors (Lipinski definition) is 7. The molecule has 0 aliphatic rings. The number of rotatable bonds is 6. The molecule has 2 rings (SSSR count). The summed E-state index contributed by atoms with van der Waals surface area (Å²) < 4.78 is 62.8. The van der Waals surface area contributed by atoms with Gasteiger partial charge in [0.25, 0.3) is 0 Å². The molecule has 2 aromatic rings. The molecule has 13 heteroatoms. The van der Waals surface area contributed by atoms with E-state index in [1.807, 2.05) is 60.7 Å². The first-order valence-corrected chi connectivity index (χ1v) is 14.7. The average molecular weight is 520 g/mol. The SMILES string of the molecule is NN([Se]S(=O)(=O)O)[Se]S(=O)(=O)O.c1ccc(Oc2ccccc2)cc1. The Morgan fingerprint density at radius 2 is 1.08 bits per heavy atom. The van der Waals surface area contributed by atoms with Gasteiger partial charge in [-0.1, -0.05) is 36.4 Å². The smallest absolute Gasteiger partial charge is 0.127 e. The predicted molar refractivity (Wildman–Crippen MR) is 93.6 cm³/mol. The first-order valence-electron chi connectivity index (χ1n) is 6.22. The Hall–Kier alpha value is -0.981. The molecule has 0 heterocycles. The van der Waals surface area contributed by atoms with Gasteiger partial charge < -0.3 is 4.74 Å². The van der Waals surface area contributed by atoms with Gasteiger partial charge in [0.2, 0.25) is 0 Å². The Labute approximate surface area is 156 Å². The Kier molecular flexibility index (Phi) is 9.03. The van der Waals surface area contributed by atoms with Crippen molar-refractivity contribution in [1.29, 1.82) is 0 Å². The third-order valence-corrected chi connectivity index (χ3v) is 10.9. The Morgan fingerprint density at radius 3 is 1.36 bits per heavy atom. The predicted octanol–water partition coefficient (Wildman–Crippen LogP) is 0.485. The second-order valence-electron chi connectivity index (χ2n) is 4.02. The summed E-state index contributed by atoms with van der Waals surface area (Å²) >= 11 is -3.19. The van der Waals surface area contributed by atoms with E-state index in [-0.39, 0.29) is 0 Å². The van der Waals surface area contributed by atoms with Crippen molar-refractivity contribution < 1.29 is 30.7 Å². The van der Waals surface area contributed by atoms with E-state index in [0.29, 0.717) is 3.04 Å². The first kappa shape index (κ1) is 22.1. The van der Waals surface area contributed by atoms with Gasteiger partial charge in [-0.2, -0.15) is 0 Å². The number of ether oxygens (including phenoxy) is 1. The molecular weight excluding hydrogens is 506 g/mol. The van der Waals surface area contributed by atoms with E-state index in [1.54, 1.807) is 0 Å². The van der Waals surface area contributed by atoms with Crippen LogP contribution in [-0.4, -0.2) is 57.1 Å². The summed E-state index contributed by atoms with van der Waals surface area (Å²) in [6.07, 6.45) is 0. The normalized spacial score (nSPS) is 11.5. The standard InChI is InChI=1S/C12H10O.H4N2O6S2Se2/c1-3-7-11(8-4-1)13-12-9-5-2-6-10-12;1-2(11-9(3,4)5)12-10(6,7)8/h1-10H;1H2,(H,3,4,5)(H,6,7,8). The number of para-hydroxylation sites is 2. The Bertz CT molecular complexity index is 778. The fourth-order valence-electron chi connectivity index (χ4n) is 1.31. The van der Waals surface area contributed by atoms with Crippen molar-refractivity contribution >= 4 is 45.2 Å². The maximum atomic E-state index is 10.1. The molecule has 0 aliphatic carbocycles. The van der Waals surface area contributed by atoms with Crippen molar-refractivity contribution in [2.75, 3.05) is 0 Å². The molecule has 0 bridgehead atoms. The van der Waals surface area contributed by atoms with Crippen LogP contribution in [0.3, 0.4) is 0 Å². The quantitative estimate of drug-likeness (QED) is 0.214. The van der Waals surface area contributed by atoms with Crippen molar-refractivity contribution in [3.8, 4) is 11.5 Å². The first-order chi connectivity index (χ1) is 11.6. The molecule has 0 saturated heterocycles. The molecule has 0 spiro atoms. The van der Waals surface area contributed by atoms with Gasteiger partial charge in [0.15, 0.2) is 0 Å². The van der Waals surface area contributed by atoms with Crippen molar-refractivity contribution in [1.82, 2.24) is 3.04 Å². The van der Waals surface area contributed by atoms with Crippen LogP contribution in [0.1, 0.15) is 0 Å². The summed E-state index contributed by atoms with van der Waals surface area (Å²) in [7, 11) is -8.58. The second-order valence-corrected chi connectivity index (χ2v) is 16.0. The zero-order chi connectivity index (χ0) is 18.9. The number of nitrogens with zero attached hydrogens (tertiary/aromatic N) is 1. The molecule has 4 N–H and O–H groups in total. The molecule has 25 heavy (non-hydrogen) atoms. The number of hydrazine groups is 1. The van der Waals surface area contributed by atoms with Crippen LogP contribution in [0.4, 0.5) is 0 Å². The summed E-state index contributed by atoms with van der Waals surface area (Å²) in [5.41, 5.74) is 0. The van der Waals surface area contributed by atoms with Crippen LogP contribution >= 0.6 is 0 Å². The van der Waals surface area contributed by atoms with Crippen molar-refractivity contribution in [3.05, 3.63) is 60.7 Å². The van der Waals surface area contributed by atoms with Crippen molar-refractivity contribution in [2.45, 2.75) is 0 Å². The van der Waals surface area contributed by atoms with E-state index in [1.165, 1.54) is 0 Å². The largest absolute Gasteiger partial charge is 0.457 e. The minimum atomic E-state index is -4.29. The molecule has 2 aromatic carbocycles. The molecule has 0 unspecified atom stereocenters. The summed E-state index contributed by atoms with van der Waals surface area (Å²) in [6.45, 7) is 0. The van der Waals surface area contributed by atoms with Gasteiger partial charge in [0.1, 0.15) is 11.5 Å². The van der Waals surface area contributed by atoms with Gasteiger partial charge >= 0.3 is 80.0 Å². The van der Waals surface area contributed by atoms with Crippen LogP contribution in [0.5, 0.6) is 11.5 Å². The maximum absolute atomic E-state index is 10.1. The molecule has 9 nitrogen and oxygen atoms in total. The molecule has 0 saturated carbocycles. The van der Waals surface area contributed by atoms with Crippen LogP contribution in [-0.2, 0) is 17.1 Å². The summed E-state index contributed by atoms with van der Waals surface area (Å²) in [5, 5.41) is 0. The van der Waals surface area contributed by atoms with Crippen LogP contribution in [0.2, 0.25) is 0 Å². The minimum Gasteiger partial charge on any atom is -0.457 e. The zero-order valence-corrected chi connectivity index (χ0v) is 17.4. The van der Waals surface area contributed by atoms with Crippen LogP contribution < -0.4 is 10.6 Å². The van der Waals surface area contributed by atoms with Crippen LogP contribution in [0.15, 0.2) is 60.7 Å². The molecule has 0 aliphatic heterocycles. The van der Waals surface area contributed by atoms with Crippen molar-refractivity contribution in [3.63, 3.8) is 0 Å². The summed E-state index contributed by atoms with van der Waals surface area (Å²) in [5.74, 6) is 6.59. The summed E-state index contributed by atoms with van der Waals surface area (Å²) in [4.78, 5) is 0. The van der Waals surface area contributed by atoms with E-state index in [9.17, 15) is 16.8 Å². The molecule has 0 radical (unpaired) electrons. The number of nitrogens with two attached hydrogens (primary N) is 1. The van der Waals surface area contributed by atoms with Crippen LogP contribution in [0, 0.1) is 0 Å². The van der Waals surface area contributed by atoms with E-state index in [2.05, 4.69) is 0 Å². The minimum absolute atomic E-state index is 0.366. The van der Waals surface area contributed by atoms with E-state index in [4.69, 9.17) is 19.7 Å². The second kappa shape index (κ2) is 10.2. The van der Waals surface area contributed by atoms with Gasteiger partial charge in [0, 0.05) is 0 Å². The van der Waals surface area contributed by atoms with Crippen molar-refractivity contribution in [2.24, 2.45) is 5.84 Å². The molecule has 0 atom stereocenters. The number of benzene rings is 2. The van der Waals surface area contributed by atoms with Gasteiger partial charge in [-0.15, -0.1) is 0 Å². The van der Waals surface area contributed by atoms with Gasteiger partial charge in [-0.05, 0) is 24.3 Å². The third-order valence-electron chi connectivity index (χ3n) is 2.06. The number of hydrogen-bond donors (Lipinski definition) is 3. The molecule has 138 valence electrons. The summed E-state index contributed by atoms with van der Waals surface area (Å²) in [6, 6.07) is 19.5. The fourth-order valence-corrected chi connectivity index (χ4v) is 12.1. The third kappa shape index (κ3) is 12.1. The van der Waals surface area contributed by atoms with Gasteiger partial charge in [-0.3, -0.25) is 0 Å².